The lowest BCUT2D eigenvalue weighted by Crippen LogP contribution is -2.34. The Labute approximate surface area is 224 Å². The Morgan fingerprint density at radius 1 is 1.13 bits per heavy atom. The number of carbonyl (C=O) groups is 1. The molecule has 2 aromatic carbocycles. The van der Waals surface area contributed by atoms with Crippen LogP contribution in [0.15, 0.2) is 64.2 Å². The summed E-state index contributed by atoms with van der Waals surface area (Å²) in [4.78, 5) is 32.4. The first-order chi connectivity index (χ1) is 18.9. The van der Waals surface area contributed by atoms with Gasteiger partial charge in [-0.2, -0.15) is 10.2 Å². The smallest absolute Gasteiger partial charge is 0.274 e. The van der Waals surface area contributed by atoms with E-state index in [0.717, 1.165) is 12.8 Å². The van der Waals surface area contributed by atoms with E-state index in [0.29, 0.717) is 51.9 Å². The van der Waals surface area contributed by atoms with Crippen LogP contribution in [0.3, 0.4) is 0 Å². The molecule has 39 heavy (non-hydrogen) atoms. The highest BCUT2D eigenvalue weighted by atomic mass is 19.1. The summed E-state index contributed by atoms with van der Waals surface area (Å²) in [6.07, 6.45) is 6.68. The molecule has 3 heterocycles. The molecule has 1 aliphatic rings. The van der Waals surface area contributed by atoms with Crippen molar-refractivity contribution in [3.8, 4) is 11.1 Å². The summed E-state index contributed by atoms with van der Waals surface area (Å²) in [6.45, 7) is 5.54. The Hall–Kier alpha value is -4.60. The molecule has 0 atom stereocenters. The highest BCUT2D eigenvalue weighted by Gasteiger charge is 2.23. The lowest BCUT2D eigenvalue weighted by molar-refractivity contribution is -0.127. The molecule has 3 N–H and O–H groups in total. The van der Waals surface area contributed by atoms with Gasteiger partial charge < -0.3 is 10.6 Å². The number of hydrogen-bond donors (Lipinski definition) is 2. The number of amidine groups is 1. The largest absolute Gasteiger partial charge is 0.387 e. The lowest BCUT2D eigenvalue weighted by atomic mass is 9.98. The molecular formula is C29H30FN7O2. The molecule has 1 aliphatic heterocycles. The zero-order valence-corrected chi connectivity index (χ0v) is 21.9. The molecule has 0 saturated heterocycles. The minimum Gasteiger partial charge on any atom is -0.387 e. The van der Waals surface area contributed by atoms with Crippen molar-refractivity contribution in [1.29, 1.82) is 0 Å². The predicted octanol–water partition coefficient (Wildman–Crippen LogP) is 4.40. The molecule has 0 saturated carbocycles. The monoisotopic (exact) mass is 527 g/mol. The van der Waals surface area contributed by atoms with Gasteiger partial charge in [0.05, 0.1) is 29.5 Å². The molecule has 9 nitrogen and oxygen atoms in total. The van der Waals surface area contributed by atoms with E-state index in [1.54, 1.807) is 53.7 Å². The number of carbonyl (C=O) groups excluding carboxylic acids is 1. The number of halogens is 1. The third-order valence-corrected chi connectivity index (χ3v) is 6.67. The van der Waals surface area contributed by atoms with Gasteiger partial charge in [-0.1, -0.05) is 19.9 Å². The number of nitrogens with one attached hydrogen (secondary N) is 1. The molecule has 10 heteroatoms. The molecule has 0 radical (unpaired) electrons. The zero-order valence-electron chi connectivity index (χ0n) is 21.9. The maximum Gasteiger partial charge on any atom is 0.274 e. The van der Waals surface area contributed by atoms with Crippen LogP contribution in [0.4, 0.5) is 10.1 Å². The first-order valence-corrected chi connectivity index (χ1v) is 13.0. The summed E-state index contributed by atoms with van der Waals surface area (Å²) < 4.78 is 16.9. The minimum absolute atomic E-state index is 0.145. The van der Waals surface area contributed by atoms with Crippen molar-refractivity contribution in [3.63, 3.8) is 0 Å². The van der Waals surface area contributed by atoms with E-state index in [-0.39, 0.29) is 35.8 Å². The molecule has 0 bridgehead atoms. The fourth-order valence-electron chi connectivity index (χ4n) is 4.83. The van der Waals surface area contributed by atoms with Gasteiger partial charge in [0.1, 0.15) is 11.7 Å². The fourth-order valence-corrected chi connectivity index (χ4v) is 4.83. The Kier molecular flexibility index (Phi) is 7.36. The van der Waals surface area contributed by atoms with Crippen molar-refractivity contribution >= 4 is 34.3 Å². The van der Waals surface area contributed by atoms with E-state index >= 15 is 4.39 Å². The third kappa shape index (κ3) is 5.36. The number of nitrogens with zero attached hydrogens (tertiary/aromatic N) is 5. The summed E-state index contributed by atoms with van der Waals surface area (Å²) in [5.41, 5.74) is 8.93. The standard InChI is InChI=1S/C29H30FN7O2/c1-3-9-36(10-4-2)28(38)20-12-24-25(30)13-19(14-26(24)34-27(31)15-20)18-5-6-23-21(11-18)16-33-37(29(23)39)17-22-7-8-32-35-22/h5-8,11-14,16H,3-4,9-10,15,17H2,1-2H3,(H2,31,34)(H,32,35). The van der Waals surface area contributed by atoms with Crippen molar-refractivity contribution in [2.45, 2.75) is 39.7 Å². The molecule has 2 aromatic heterocycles. The van der Waals surface area contributed by atoms with Crippen LogP contribution in [0, 0.1) is 5.82 Å². The van der Waals surface area contributed by atoms with Crippen LogP contribution >= 0.6 is 0 Å². The lowest BCUT2D eigenvalue weighted by Gasteiger charge is -2.22. The van der Waals surface area contributed by atoms with Gasteiger partial charge in [-0.25, -0.2) is 14.1 Å². The number of aromatic amines is 1. The summed E-state index contributed by atoms with van der Waals surface area (Å²) in [5.74, 6) is -0.400. The van der Waals surface area contributed by atoms with E-state index in [2.05, 4.69) is 20.3 Å². The number of rotatable bonds is 8. The van der Waals surface area contributed by atoms with E-state index < -0.39 is 5.82 Å². The number of nitrogens with two attached hydrogens (primary N) is 1. The number of benzene rings is 2. The van der Waals surface area contributed by atoms with Crippen molar-refractivity contribution in [1.82, 2.24) is 24.9 Å². The van der Waals surface area contributed by atoms with Gasteiger partial charge in [-0.15, -0.1) is 0 Å². The highest BCUT2D eigenvalue weighted by molar-refractivity contribution is 6.05. The molecule has 0 spiro atoms. The van der Waals surface area contributed by atoms with E-state index in [9.17, 15) is 9.59 Å². The van der Waals surface area contributed by atoms with Crippen molar-refractivity contribution < 1.29 is 9.18 Å². The molecule has 0 unspecified atom stereocenters. The van der Waals surface area contributed by atoms with Gasteiger partial charge in [0.25, 0.3) is 5.56 Å². The van der Waals surface area contributed by atoms with Crippen molar-refractivity contribution in [2.24, 2.45) is 10.7 Å². The van der Waals surface area contributed by atoms with E-state index in [1.165, 1.54) is 10.7 Å². The quantitative estimate of drug-likeness (QED) is 0.352. The molecule has 0 aliphatic carbocycles. The maximum atomic E-state index is 15.5. The number of aromatic nitrogens is 4. The van der Waals surface area contributed by atoms with Crippen LogP contribution in [-0.4, -0.2) is 49.7 Å². The van der Waals surface area contributed by atoms with E-state index in [1.807, 2.05) is 13.8 Å². The van der Waals surface area contributed by atoms with E-state index in [4.69, 9.17) is 5.73 Å². The summed E-state index contributed by atoms with van der Waals surface area (Å²) in [5, 5.41) is 12.2. The maximum absolute atomic E-state index is 15.5. The number of fused-ring (bicyclic) bond motifs is 2. The molecule has 200 valence electrons. The fraction of sp³-hybridized carbons (Fsp3) is 0.276. The minimum atomic E-state index is -0.503. The van der Waals surface area contributed by atoms with Crippen LogP contribution in [0.2, 0.25) is 0 Å². The Morgan fingerprint density at radius 2 is 1.92 bits per heavy atom. The van der Waals surface area contributed by atoms with Gasteiger partial charge in [-0.05, 0) is 60.4 Å². The average molecular weight is 528 g/mol. The normalized spacial score (nSPS) is 13.0. The molecular weight excluding hydrogens is 497 g/mol. The highest BCUT2D eigenvalue weighted by Crippen LogP contribution is 2.35. The Balaban J connectivity index is 1.50. The van der Waals surface area contributed by atoms with Gasteiger partial charge in [0, 0.05) is 42.2 Å². The third-order valence-electron chi connectivity index (χ3n) is 6.67. The molecule has 0 fully saturated rings. The molecule has 1 amide bonds. The number of H-pyrrole nitrogens is 1. The van der Waals surface area contributed by atoms with Gasteiger partial charge in [0.2, 0.25) is 5.91 Å². The number of aliphatic imine (C=N–C) groups is 1. The van der Waals surface area contributed by atoms with Crippen molar-refractivity contribution in [3.05, 3.63) is 81.8 Å². The predicted molar refractivity (Wildman–Crippen MR) is 150 cm³/mol. The van der Waals surface area contributed by atoms with Crippen LogP contribution in [-0.2, 0) is 11.3 Å². The van der Waals surface area contributed by atoms with Crippen LogP contribution in [0.5, 0.6) is 0 Å². The van der Waals surface area contributed by atoms with Crippen LogP contribution in [0.1, 0.15) is 44.4 Å². The SMILES string of the molecule is CCCN(CCC)C(=O)C1=Cc2c(F)cc(-c3ccc4c(=O)n(Cc5cc[nH]n5)ncc4c3)cc2N=C(N)C1. The molecule has 5 rings (SSSR count). The van der Waals surface area contributed by atoms with Crippen LogP contribution in [0.25, 0.3) is 28.0 Å². The second-order valence-electron chi connectivity index (χ2n) is 9.61. The average Bonchev–Trinajstić information content (AvgIpc) is 3.37. The first kappa shape index (κ1) is 26.0. The topological polar surface area (TPSA) is 122 Å². The van der Waals surface area contributed by atoms with Gasteiger partial charge in [-0.3, -0.25) is 14.7 Å². The second kappa shape index (κ2) is 11.0. The second-order valence-corrected chi connectivity index (χ2v) is 9.61. The first-order valence-electron chi connectivity index (χ1n) is 13.0. The Morgan fingerprint density at radius 3 is 2.64 bits per heavy atom. The van der Waals surface area contributed by atoms with Gasteiger partial charge >= 0.3 is 0 Å². The number of hydrogen-bond acceptors (Lipinski definition) is 6. The zero-order chi connectivity index (χ0) is 27.5. The summed E-state index contributed by atoms with van der Waals surface area (Å²) in [7, 11) is 0. The molecule has 4 aromatic rings. The number of amides is 1. The Bertz CT molecular complexity index is 1650. The van der Waals surface area contributed by atoms with Crippen LogP contribution < -0.4 is 11.3 Å². The summed E-state index contributed by atoms with van der Waals surface area (Å²) >= 11 is 0. The van der Waals surface area contributed by atoms with Gasteiger partial charge in [0.15, 0.2) is 0 Å². The summed E-state index contributed by atoms with van der Waals surface area (Å²) in [6, 6.07) is 10.2. The van der Waals surface area contributed by atoms with Crippen molar-refractivity contribution in [2.75, 3.05) is 13.1 Å².